The summed E-state index contributed by atoms with van der Waals surface area (Å²) >= 11 is 0. The van der Waals surface area contributed by atoms with Gasteiger partial charge in [-0.2, -0.15) is 0 Å². The highest BCUT2D eigenvalue weighted by Crippen LogP contribution is 2.43. The molecule has 2 fully saturated rings. The highest BCUT2D eigenvalue weighted by Gasteiger charge is 2.42. The van der Waals surface area contributed by atoms with Crippen LogP contribution in [0.2, 0.25) is 0 Å². The molecule has 2 unspecified atom stereocenters. The Bertz CT molecular complexity index is 907. The number of carbonyl (C=O) groups excluding carboxylic acids is 1. The van der Waals surface area contributed by atoms with Crippen LogP contribution in [0.25, 0.3) is 0 Å². The molecule has 1 aliphatic carbocycles. The zero-order chi connectivity index (χ0) is 20.0. The minimum Gasteiger partial charge on any atom is -0.497 e. The Morgan fingerprint density at radius 3 is 2.21 bits per heavy atom. The quantitative estimate of drug-likeness (QED) is 0.772. The van der Waals surface area contributed by atoms with Crippen molar-refractivity contribution in [1.29, 1.82) is 0 Å². The van der Waals surface area contributed by atoms with E-state index in [4.69, 9.17) is 9.47 Å². The molecule has 1 amide bonds. The van der Waals surface area contributed by atoms with Gasteiger partial charge in [-0.1, -0.05) is 0 Å². The van der Waals surface area contributed by atoms with Gasteiger partial charge in [-0.05, 0) is 19.8 Å². The number of hydrogen-bond acceptors (Lipinski definition) is 4. The molecule has 0 spiro atoms. The Hall–Kier alpha value is -2.70. The monoisotopic (exact) mass is 388 g/mol. The normalized spacial score (nSPS) is 21.9. The maximum Gasteiger partial charge on any atom is 0.229 e. The number of hydrogen-bond donors (Lipinski definition) is 0. The van der Waals surface area contributed by atoms with Crippen LogP contribution in [0, 0.1) is 11.6 Å². The second kappa shape index (κ2) is 7.04. The van der Waals surface area contributed by atoms with Gasteiger partial charge in [0, 0.05) is 59.8 Å². The topological polar surface area (TPSA) is 51.7 Å². The van der Waals surface area contributed by atoms with Crippen LogP contribution in [0.15, 0.2) is 24.3 Å². The molecule has 148 valence electrons. The van der Waals surface area contributed by atoms with E-state index in [-0.39, 0.29) is 23.6 Å². The maximum absolute atomic E-state index is 14.6. The smallest absolute Gasteiger partial charge is 0.229 e. The van der Waals surface area contributed by atoms with Crippen LogP contribution in [-0.4, -0.2) is 31.2 Å². The predicted molar refractivity (Wildman–Crippen MR) is 100.0 cm³/mol. The molecule has 0 N–H and O–H groups in total. The lowest BCUT2D eigenvalue weighted by Gasteiger charge is -2.25. The molecule has 4 rings (SSSR count). The molecule has 2 atom stereocenters. The number of halogens is 2. The molecular formula is C21H22F2N2O3. The van der Waals surface area contributed by atoms with Crippen molar-refractivity contribution in [2.75, 3.05) is 19.1 Å². The molecule has 1 aliphatic heterocycles. The van der Waals surface area contributed by atoms with Crippen molar-refractivity contribution in [3.63, 3.8) is 0 Å². The molecule has 2 aromatic rings. The first-order chi connectivity index (χ1) is 13.4. The number of benzene rings is 1. The highest BCUT2D eigenvalue weighted by atomic mass is 19.1. The van der Waals surface area contributed by atoms with Crippen molar-refractivity contribution in [3.05, 3.63) is 47.2 Å². The van der Waals surface area contributed by atoms with E-state index in [2.05, 4.69) is 4.98 Å². The number of rotatable bonds is 5. The van der Waals surface area contributed by atoms with Crippen molar-refractivity contribution in [3.8, 4) is 11.5 Å². The van der Waals surface area contributed by atoms with E-state index in [1.807, 2.05) is 6.07 Å². The van der Waals surface area contributed by atoms with Crippen molar-refractivity contribution < 1.29 is 23.0 Å². The molecular weight excluding hydrogens is 366 g/mol. The van der Waals surface area contributed by atoms with Crippen LogP contribution in [0.4, 0.5) is 14.6 Å². The van der Waals surface area contributed by atoms with Gasteiger partial charge in [0.1, 0.15) is 29.0 Å². The summed E-state index contributed by atoms with van der Waals surface area (Å²) in [5, 5.41) is 0. The van der Waals surface area contributed by atoms with Crippen LogP contribution in [0.1, 0.15) is 49.3 Å². The first-order valence-corrected chi connectivity index (χ1v) is 9.34. The summed E-state index contributed by atoms with van der Waals surface area (Å²) < 4.78 is 39.5. The van der Waals surface area contributed by atoms with Crippen molar-refractivity contribution in [2.45, 2.75) is 44.1 Å². The highest BCUT2D eigenvalue weighted by molar-refractivity contribution is 5.96. The summed E-state index contributed by atoms with van der Waals surface area (Å²) in [4.78, 5) is 19.0. The third kappa shape index (κ3) is 3.19. The first kappa shape index (κ1) is 18.7. The molecule has 5 nitrogen and oxygen atoms in total. The first-order valence-electron chi connectivity index (χ1n) is 9.34. The van der Waals surface area contributed by atoms with E-state index in [9.17, 15) is 13.6 Å². The fourth-order valence-electron chi connectivity index (χ4n) is 3.92. The number of amides is 1. The number of pyridine rings is 1. The summed E-state index contributed by atoms with van der Waals surface area (Å²) in [5.74, 6) is -0.662. The summed E-state index contributed by atoms with van der Waals surface area (Å²) in [6.07, 6.45) is 2.14. The van der Waals surface area contributed by atoms with Gasteiger partial charge in [0.2, 0.25) is 5.91 Å². The molecule has 7 heteroatoms. The van der Waals surface area contributed by atoms with Gasteiger partial charge >= 0.3 is 0 Å². The van der Waals surface area contributed by atoms with Crippen LogP contribution in [0.5, 0.6) is 11.5 Å². The Labute approximate surface area is 162 Å². The Kier molecular flexibility index (Phi) is 4.69. The molecule has 1 aromatic heterocycles. The number of anilines is 1. The van der Waals surface area contributed by atoms with Crippen LogP contribution < -0.4 is 14.4 Å². The molecule has 1 aromatic carbocycles. The van der Waals surface area contributed by atoms with Gasteiger partial charge in [0.15, 0.2) is 0 Å². The molecule has 1 saturated heterocycles. The maximum atomic E-state index is 14.6. The third-order valence-corrected chi connectivity index (χ3v) is 5.60. The van der Waals surface area contributed by atoms with Gasteiger partial charge in [-0.25, -0.2) is 13.8 Å². The third-order valence-electron chi connectivity index (χ3n) is 5.60. The second-order valence-corrected chi connectivity index (χ2v) is 7.38. The fourth-order valence-corrected chi connectivity index (χ4v) is 3.92. The predicted octanol–water partition coefficient (Wildman–Crippen LogP) is 4.16. The van der Waals surface area contributed by atoms with Gasteiger partial charge in [0.05, 0.1) is 14.2 Å². The van der Waals surface area contributed by atoms with Gasteiger partial charge in [-0.15, -0.1) is 0 Å². The van der Waals surface area contributed by atoms with E-state index < -0.39 is 23.6 Å². The Morgan fingerprint density at radius 1 is 1.04 bits per heavy atom. The van der Waals surface area contributed by atoms with Crippen molar-refractivity contribution in [2.24, 2.45) is 0 Å². The van der Waals surface area contributed by atoms with Crippen molar-refractivity contribution in [1.82, 2.24) is 4.98 Å². The lowest BCUT2D eigenvalue weighted by atomic mass is 9.91. The SMILES string of the molecule is COc1cc(C2CC2)nc(N2C(=O)CC(c3c(F)cc(OC)cc3F)C2C)c1. The average Bonchev–Trinajstić information content (AvgIpc) is 3.47. The van der Waals surface area contributed by atoms with E-state index in [0.717, 1.165) is 30.7 Å². The van der Waals surface area contributed by atoms with E-state index >= 15 is 0 Å². The molecule has 28 heavy (non-hydrogen) atoms. The fraction of sp³-hybridized carbons (Fsp3) is 0.429. The lowest BCUT2D eigenvalue weighted by Crippen LogP contribution is -2.33. The summed E-state index contributed by atoms with van der Waals surface area (Å²) in [7, 11) is 2.92. The number of methoxy groups -OCH3 is 2. The second-order valence-electron chi connectivity index (χ2n) is 7.38. The number of nitrogens with zero attached hydrogens (tertiary/aromatic N) is 2. The van der Waals surface area contributed by atoms with E-state index in [0.29, 0.717) is 17.5 Å². The van der Waals surface area contributed by atoms with E-state index in [1.54, 1.807) is 20.1 Å². The largest absolute Gasteiger partial charge is 0.497 e. The summed E-state index contributed by atoms with van der Waals surface area (Å²) in [5.41, 5.74) is 0.800. The Morgan fingerprint density at radius 2 is 1.64 bits per heavy atom. The van der Waals surface area contributed by atoms with Crippen LogP contribution >= 0.6 is 0 Å². The standard InChI is InChI=1S/C21H22F2N2O3/c1-11-15(21-16(22)6-13(27-2)7-17(21)23)10-20(26)25(11)19-9-14(28-3)8-18(24-19)12-4-5-12/h6-9,11-12,15H,4-5,10H2,1-3H3. The van der Waals surface area contributed by atoms with Crippen molar-refractivity contribution >= 4 is 11.7 Å². The number of aromatic nitrogens is 1. The van der Waals surface area contributed by atoms with Gasteiger partial charge in [0.25, 0.3) is 0 Å². The van der Waals surface area contributed by atoms with Crippen LogP contribution in [0.3, 0.4) is 0 Å². The number of carbonyl (C=O) groups is 1. The van der Waals surface area contributed by atoms with E-state index in [1.165, 1.54) is 12.0 Å². The van der Waals surface area contributed by atoms with Gasteiger partial charge < -0.3 is 9.47 Å². The average molecular weight is 388 g/mol. The zero-order valence-electron chi connectivity index (χ0n) is 16.0. The lowest BCUT2D eigenvalue weighted by molar-refractivity contribution is -0.117. The summed E-state index contributed by atoms with van der Waals surface area (Å²) in [6.45, 7) is 1.79. The van der Waals surface area contributed by atoms with Gasteiger partial charge in [-0.3, -0.25) is 9.69 Å². The van der Waals surface area contributed by atoms with Crippen LogP contribution in [-0.2, 0) is 4.79 Å². The molecule has 0 radical (unpaired) electrons. The number of ether oxygens (including phenoxy) is 2. The minimum absolute atomic E-state index is 0.0129. The molecule has 1 saturated carbocycles. The molecule has 2 aliphatic rings. The zero-order valence-corrected chi connectivity index (χ0v) is 16.0. The molecule has 2 heterocycles. The Balaban J connectivity index is 1.71. The summed E-state index contributed by atoms with van der Waals surface area (Å²) in [6, 6.07) is 5.42. The minimum atomic E-state index is -0.708. The molecule has 0 bridgehead atoms.